The molecule has 0 aliphatic carbocycles. The van der Waals surface area contributed by atoms with E-state index >= 15 is 0 Å². The summed E-state index contributed by atoms with van der Waals surface area (Å²) in [6, 6.07) is 0. The van der Waals surface area contributed by atoms with Gasteiger partial charge in [-0.15, -0.1) is 0 Å². The van der Waals surface area contributed by atoms with Crippen LogP contribution in [0.3, 0.4) is 0 Å². The molecule has 1 heterocycles. The van der Waals surface area contributed by atoms with E-state index in [1.807, 2.05) is 20.8 Å². The summed E-state index contributed by atoms with van der Waals surface area (Å²) >= 11 is 0. The van der Waals surface area contributed by atoms with Crippen molar-refractivity contribution < 1.29 is 13.2 Å². The normalized spacial score (nSPS) is 13.8. The Bertz CT molecular complexity index is 484. The topological polar surface area (TPSA) is 61.2 Å². The van der Waals surface area contributed by atoms with Gasteiger partial charge in [0.25, 0.3) is 9.05 Å². The Kier molecular flexibility index (Phi) is 5.62. The largest absolute Gasteiger partial charge is 0.372 e. The lowest BCUT2D eigenvalue weighted by Gasteiger charge is -2.09. The Morgan fingerprint density at radius 1 is 1.50 bits per heavy atom. The molecule has 1 aromatic heterocycles. The van der Waals surface area contributed by atoms with Gasteiger partial charge in [0.05, 0.1) is 12.7 Å². The van der Waals surface area contributed by atoms with E-state index in [0.717, 1.165) is 12.8 Å². The van der Waals surface area contributed by atoms with Gasteiger partial charge in [0.15, 0.2) is 0 Å². The van der Waals surface area contributed by atoms with E-state index in [1.165, 1.54) is 6.20 Å². The maximum absolute atomic E-state index is 11.4. The SMILES string of the molecule is CCCn1cc(S(=O)(=O)Cl)c(COC(C)CC)n1. The molecule has 0 saturated heterocycles. The van der Waals surface area contributed by atoms with Gasteiger partial charge in [-0.05, 0) is 19.8 Å². The lowest BCUT2D eigenvalue weighted by molar-refractivity contribution is 0.0474. The quantitative estimate of drug-likeness (QED) is 0.725. The minimum atomic E-state index is -3.78. The van der Waals surface area contributed by atoms with E-state index in [0.29, 0.717) is 12.2 Å². The molecule has 1 aromatic rings. The summed E-state index contributed by atoms with van der Waals surface area (Å²) in [6.45, 7) is 6.74. The van der Waals surface area contributed by atoms with Crippen LogP contribution < -0.4 is 0 Å². The van der Waals surface area contributed by atoms with Crippen molar-refractivity contribution in [1.29, 1.82) is 0 Å². The number of hydrogen-bond acceptors (Lipinski definition) is 4. The molecule has 18 heavy (non-hydrogen) atoms. The summed E-state index contributed by atoms with van der Waals surface area (Å²) in [5, 5.41) is 4.20. The van der Waals surface area contributed by atoms with Crippen molar-refractivity contribution in [3.05, 3.63) is 11.9 Å². The number of halogens is 1. The van der Waals surface area contributed by atoms with Gasteiger partial charge >= 0.3 is 0 Å². The van der Waals surface area contributed by atoms with Gasteiger partial charge in [0.2, 0.25) is 0 Å². The second kappa shape index (κ2) is 6.54. The number of nitrogens with zero attached hydrogens (tertiary/aromatic N) is 2. The number of rotatable bonds is 7. The predicted molar refractivity (Wildman–Crippen MR) is 70.1 cm³/mol. The Hall–Kier alpha value is -0.590. The maximum atomic E-state index is 11.4. The molecule has 0 aromatic carbocycles. The molecule has 0 saturated carbocycles. The van der Waals surface area contributed by atoms with E-state index in [4.69, 9.17) is 15.4 Å². The lowest BCUT2D eigenvalue weighted by atomic mass is 10.3. The lowest BCUT2D eigenvalue weighted by Crippen LogP contribution is -2.08. The predicted octanol–water partition coefficient (Wildman–Crippen LogP) is 2.54. The summed E-state index contributed by atoms with van der Waals surface area (Å²) < 4.78 is 30.0. The van der Waals surface area contributed by atoms with Crippen LogP contribution >= 0.6 is 10.7 Å². The smallest absolute Gasteiger partial charge is 0.264 e. The summed E-state index contributed by atoms with van der Waals surface area (Å²) in [4.78, 5) is 0.0425. The van der Waals surface area contributed by atoms with Crippen LogP contribution in [-0.4, -0.2) is 24.3 Å². The molecule has 0 spiro atoms. The minimum absolute atomic E-state index is 0.0425. The highest BCUT2D eigenvalue weighted by atomic mass is 35.7. The standard InChI is InChI=1S/C11H19ClN2O3S/c1-4-6-14-7-11(18(12,15)16)10(13-14)8-17-9(3)5-2/h7,9H,4-6,8H2,1-3H3. The molecular weight excluding hydrogens is 276 g/mol. The van der Waals surface area contributed by atoms with Crippen molar-refractivity contribution in [3.8, 4) is 0 Å². The molecule has 0 aliphatic rings. The molecule has 1 unspecified atom stereocenters. The second-order valence-corrected chi connectivity index (χ2v) is 6.71. The molecule has 0 amide bonds. The first-order valence-electron chi connectivity index (χ1n) is 6.01. The van der Waals surface area contributed by atoms with Crippen molar-refractivity contribution in [2.75, 3.05) is 0 Å². The van der Waals surface area contributed by atoms with Gasteiger partial charge in [-0.1, -0.05) is 13.8 Å². The Morgan fingerprint density at radius 2 is 2.17 bits per heavy atom. The van der Waals surface area contributed by atoms with Gasteiger partial charge in [0.1, 0.15) is 10.6 Å². The highest BCUT2D eigenvalue weighted by molar-refractivity contribution is 8.13. The third kappa shape index (κ3) is 4.26. The molecule has 0 N–H and O–H groups in total. The van der Waals surface area contributed by atoms with Crippen LogP contribution in [0.15, 0.2) is 11.1 Å². The van der Waals surface area contributed by atoms with Crippen LogP contribution in [-0.2, 0) is 26.9 Å². The van der Waals surface area contributed by atoms with Crippen LogP contribution in [0, 0.1) is 0 Å². The highest BCUT2D eigenvalue weighted by Gasteiger charge is 2.20. The summed E-state index contributed by atoms with van der Waals surface area (Å²) in [5.41, 5.74) is 0.374. The van der Waals surface area contributed by atoms with Crippen molar-refractivity contribution in [3.63, 3.8) is 0 Å². The van der Waals surface area contributed by atoms with Crippen LogP contribution in [0.2, 0.25) is 0 Å². The fraction of sp³-hybridized carbons (Fsp3) is 0.727. The number of aryl methyl sites for hydroxylation is 1. The van der Waals surface area contributed by atoms with Gasteiger partial charge in [-0.3, -0.25) is 4.68 Å². The molecule has 7 heteroatoms. The van der Waals surface area contributed by atoms with Crippen molar-refractivity contribution in [1.82, 2.24) is 9.78 Å². The first-order valence-corrected chi connectivity index (χ1v) is 8.32. The molecule has 1 rings (SSSR count). The monoisotopic (exact) mass is 294 g/mol. The first kappa shape index (κ1) is 15.5. The fourth-order valence-electron chi connectivity index (χ4n) is 1.43. The second-order valence-electron chi connectivity index (χ2n) is 4.17. The van der Waals surface area contributed by atoms with Crippen molar-refractivity contribution in [2.24, 2.45) is 0 Å². The van der Waals surface area contributed by atoms with E-state index < -0.39 is 9.05 Å². The van der Waals surface area contributed by atoms with Gasteiger partial charge in [0, 0.05) is 23.4 Å². The number of ether oxygens (including phenoxy) is 1. The zero-order valence-corrected chi connectivity index (χ0v) is 12.5. The average molecular weight is 295 g/mol. The van der Waals surface area contributed by atoms with E-state index in [2.05, 4.69) is 5.10 Å². The van der Waals surface area contributed by atoms with Crippen LogP contribution in [0.4, 0.5) is 0 Å². The van der Waals surface area contributed by atoms with Crippen molar-refractivity contribution in [2.45, 2.75) is 57.8 Å². The summed E-state index contributed by atoms with van der Waals surface area (Å²) in [5.74, 6) is 0. The average Bonchev–Trinajstić information content (AvgIpc) is 2.69. The van der Waals surface area contributed by atoms with Gasteiger partial charge in [-0.2, -0.15) is 5.10 Å². The molecular formula is C11H19ClN2O3S. The van der Waals surface area contributed by atoms with Crippen molar-refractivity contribution >= 4 is 19.7 Å². The maximum Gasteiger partial charge on any atom is 0.264 e. The first-order chi connectivity index (χ1) is 8.38. The third-order valence-corrected chi connectivity index (χ3v) is 3.96. The molecule has 0 fully saturated rings. The number of aromatic nitrogens is 2. The van der Waals surface area contributed by atoms with Crippen LogP contribution in [0.5, 0.6) is 0 Å². The number of hydrogen-bond donors (Lipinski definition) is 0. The Balaban J connectivity index is 2.93. The zero-order valence-electron chi connectivity index (χ0n) is 10.9. The molecule has 0 bridgehead atoms. The molecule has 104 valence electrons. The third-order valence-electron chi connectivity index (χ3n) is 2.59. The summed E-state index contributed by atoms with van der Waals surface area (Å²) in [6.07, 6.45) is 3.25. The zero-order chi connectivity index (χ0) is 13.8. The van der Waals surface area contributed by atoms with E-state index in [1.54, 1.807) is 4.68 Å². The van der Waals surface area contributed by atoms with Crippen LogP contribution in [0.25, 0.3) is 0 Å². The summed E-state index contributed by atoms with van der Waals surface area (Å²) in [7, 11) is 1.61. The van der Waals surface area contributed by atoms with E-state index in [-0.39, 0.29) is 17.6 Å². The Morgan fingerprint density at radius 3 is 2.67 bits per heavy atom. The fourth-order valence-corrected chi connectivity index (χ4v) is 2.44. The minimum Gasteiger partial charge on any atom is -0.372 e. The van der Waals surface area contributed by atoms with Crippen LogP contribution in [0.1, 0.15) is 39.3 Å². The van der Waals surface area contributed by atoms with Gasteiger partial charge in [-0.25, -0.2) is 8.42 Å². The molecule has 0 radical (unpaired) electrons. The molecule has 0 aliphatic heterocycles. The van der Waals surface area contributed by atoms with E-state index in [9.17, 15) is 8.42 Å². The molecule has 5 nitrogen and oxygen atoms in total. The molecule has 1 atom stereocenters. The van der Waals surface area contributed by atoms with Gasteiger partial charge < -0.3 is 4.74 Å². The Labute approximate surface area is 113 Å². The highest BCUT2D eigenvalue weighted by Crippen LogP contribution is 2.20.